The lowest BCUT2D eigenvalue weighted by atomic mass is 10.3. The summed E-state index contributed by atoms with van der Waals surface area (Å²) in [6.45, 7) is -4.83. The predicted octanol–water partition coefficient (Wildman–Crippen LogP) is -5.12. The molecule has 2 atom stereocenters. The standard InChI is InChI=1S/C16H26N4O12/c21-7-9(15(29)30)17-11(23)3-19(5-13(25)26)1-2-20(6-14(27)28)4-12(24)18-10(8-22)16(31)32/h9-10,21-22H,1-8H2,(H,17,23)(H,18,24)(H,25,26)(H,27,28)(H,29,30)(H,31,32). The van der Waals surface area contributed by atoms with Crippen molar-refractivity contribution in [3.8, 4) is 0 Å². The number of aliphatic hydroxyl groups excluding tert-OH is 2. The minimum atomic E-state index is -1.60. The molecule has 16 nitrogen and oxygen atoms in total. The number of nitrogens with zero attached hydrogens (tertiary/aromatic N) is 2. The largest absolute Gasteiger partial charge is 0.480 e. The number of carbonyl (C=O) groups excluding carboxylic acids is 2. The predicted molar refractivity (Wildman–Crippen MR) is 101 cm³/mol. The van der Waals surface area contributed by atoms with Crippen LogP contribution in [0.3, 0.4) is 0 Å². The number of rotatable bonds is 17. The molecular formula is C16H26N4O12. The first-order valence-electron chi connectivity index (χ1n) is 9.03. The van der Waals surface area contributed by atoms with Crippen molar-refractivity contribution in [1.82, 2.24) is 20.4 Å². The van der Waals surface area contributed by atoms with E-state index in [1.54, 1.807) is 0 Å². The summed E-state index contributed by atoms with van der Waals surface area (Å²) in [5.74, 6) is -7.53. The van der Waals surface area contributed by atoms with E-state index < -0.39 is 87.2 Å². The van der Waals surface area contributed by atoms with Crippen LogP contribution < -0.4 is 10.6 Å². The van der Waals surface area contributed by atoms with Gasteiger partial charge in [-0.25, -0.2) is 9.59 Å². The van der Waals surface area contributed by atoms with Crippen molar-refractivity contribution in [2.45, 2.75) is 12.1 Å². The van der Waals surface area contributed by atoms with E-state index in [1.807, 2.05) is 10.6 Å². The number of nitrogens with one attached hydrogen (secondary N) is 2. The topological polar surface area (TPSA) is 254 Å². The van der Waals surface area contributed by atoms with Crippen LogP contribution in [0.1, 0.15) is 0 Å². The molecule has 0 spiro atoms. The first kappa shape index (κ1) is 28.7. The highest BCUT2D eigenvalue weighted by molar-refractivity contribution is 5.85. The number of carboxylic acids is 4. The molecule has 0 aliphatic heterocycles. The summed E-state index contributed by atoms with van der Waals surface area (Å²) in [4.78, 5) is 69.8. The summed E-state index contributed by atoms with van der Waals surface area (Å²) >= 11 is 0. The van der Waals surface area contributed by atoms with Gasteiger partial charge in [0.1, 0.15) is 12.1 Å². The van der Waals surface area contributed by atoms with Crippen molar-refractivity contribution in [3.05, 3.63) is 0 Å². The zero-order chi connectivity index (χ0) is 24.8. The van der Waals surface area contributed by atoms with Gasteiger partial charge in [-0.3, -0.25) is 29.0 Å². The van der Waals surface area contributed by atoms with Crippen LogP contribution in [0.15, 0.2) is 0 Å². The third-order valence-electron chi connectivity index (χ3n) is 3.82. The van der Waals surface area contributed by atoms with Gasteiger partial charge < -0.3 is 41.3 Å². The molecule has 0 aromatic rings. The number of amides is 2. The van der Waals surface area contributed by atoms with Gasteiger partial charge in [0.2, 0.25) is 11.8 Å². The van der Waals surface area contributed by atoms with Crippen LogP contribution in [0.5, 0.6) is 0 Å². The highest BCUT2D eigenvalue weighted by atomic mass is 16.4. The number of hydrogen-bond donors (Lipinski definition) is 8. The summed E-state index contributed by atoms with van der Waals surface area (Å²) in [5.41, 5.74) is 0. The molecule has 0 rings (SSSR count). The van der Waals surface area contributed by atoms with Crippen LogP contribution in [0.25, 0.3) is 0 Å². The van der Waals surface area contributed by atoms with E-state index in [1.165, 1.54) is 0 Å². The third kappa shape index (κ3) is 12.4. The molecule has 0 saturated carbocycles. The van der Waals surface area contributed by atoms with E-state index in [0.29, 0.717) is 0 Å². The maximum atomic E-state index is 12.0. The van der Waals surface area contributed by atoms with Crippen LogP contribution >= 0.6 is 0 Å². The van der Waals surface area contributed by atoms with Gasteiger partial charge in [-0.1, -0.05) is 0 Å². The Morgan fingerprint density at radius 2 is 0.906 bits per heavy atom. The molecule has 0 aliphatic carbocycles. The van der Waals surface area contributed by atoms with E-state index >= 15 is 0 Å². The summed E-state index contributed by atoms with van der Waals surface area (Å²) in [5, 5.41) is 57.5. The van der Waals surface area contributed by atoms with E-state index in [0.717, 1.165) is 9.80 Å². The number of aliphatic carboxylic acids is 4. The molecule has 8 N–H and O–H groups in total. The molecule has 0 heterocycles. The van der Waals surface area contributed by atoms with Crippen molar-refractivity contribution in [1.29, 1.82) is 0 Å². The molecule has 0 aliphatic rings. The first-order chi connectivity index (χ1) is 14.9. The number of carboxylic acid groups (broad SMARTS) is 4. The normalized spacial score (nSPS) is 12.8. The Kier molecular flexibility index (Phi) is 13.1. The molecule has 0 bridgehead atoms. The number of aliphatic hydroxyl groups is 2. The average Bonchev–Trinajstić information content (AvgIpc) is 2.66. The molecule has 0 fully saturated rings. The lowest BCUT2D eigenvalue weighted by Crippen LogP contribution is -2.51. The Bertz CT molecular complexity index is 643. The molecule has 0 aromatic carbocycles. The van der Waals surface area contributed by atoms with E-state index in [-0.39, 0.29) is 13.1 Å². The molecule has 182 valence electrons. The Labute approximate surface area is 181 Å². The van der Waals surface area contributed by atoms with Gasteiger partial charge in [0.25, 0.3) is 0 Å². The lowest BCUT2D eigenvalue weighted by molar-refractivity contribution is -0.144. The van der Waals surface area contributed by atoms with Crippen LogP contribution in [0, 0.1) is 0 Å². The quantitative estimate of drug-likeness (QED) is 0.0998. The van der Waals surface area contributed by atoms with Crippen LogP contribution in [-0.4, -0.2) is 141 Å². The molecule has 0 saturated heterocycles. The number of hydrogen-bond acceptors (Lipinski definition) is 10. The van der Waals surface area contributed by atoms with E-state index in [2.05, 4.69) is 0 Å². The van der Waals surface area contributed by atoms with Gasteiger partial charge >= 0.3 is 23.9 Å². The van der Waals surface area contributed by atoms with Gasteiger partial charge in [-0.05, 0) is 0 Å². The van der Waals surface area contributed by atoms with Gasteiger partial charge in [0.05, 0.1) is 39.4 Å². The highest BCUT2D eigenvalue weighted by Crippen LogP contribution is 1.96. The summed E-state index contributed by atoms with van der Waals surface area (Å²) in [6, 6.07) is -3.20. The molecular weight excluding hydrogens is 440 g/mol. The minimum Gasteiger partial charge on any atom is -0.480 e. The van der Waals surface area contributed by atoms with E-state index in [9.17, 15) is 28.8 Å². The minimum absolute atomic E-state index is 0.237. The monoisotopic (exact) mass is 466 g/mol. The van der Waals surface area contributed by atoms with E-state index in [4.69, 9.17) is 30.6 Å². The SMILES string of the molecule is O=C(O)CN(CCN(CC(=O)O)CC(=O)NC(CO)C(=O)O)CC(=O)NC(CO)C(=O)O. The molecule has 0 radical (unpaired) electrons. The maximum absolute atomic E-state index is 12.0. The van der Waals surface area contributed by atoms with Gasteiger partial charge in [0.15, 0.2) is 0 Å². The Morgan fingerprint density at radius 3 is 1.12 bits per heavy atom. The molecule has 32 heavy (non-hydrogen) atoms. The van der Waals surface area contributed by atoms with Gasteiger partial charge in [0, 0.05) is 13.1 Å². The van der Waals surface area contributed by atoms with Crippen molar-refractivity contribution in [3.63, 3.8) is 0 Å². The zero-order valence-electron chi connectivity index (χ0n) is 16.8. The highest BCUT2D eigenvalue weighted by Gasteiger charge is 2.24. The second kappa shape index (κ2) is 14.6. The third-order valence-corrected chi connectivity index (χ3v) is 3.82. The fourth-order valence-electron chi connectivity index (χ4n) is 2.35. The summed E-state index contributed by atoms with van der Waals surface area (Å²) < 4.78 is 0. The first-order valence-corrected chi connectivity index (χ1v) is 9.03. The Balaban J connectivity index is 5.09. The number of carbonyl (C=O) groups is 6. The molecule has 2 amide bonds. The fourth-order valence-corrected chi connectivity index (χ4v) is 2.35. The van der Waals surface area contributed by atoms with Gasteiger partial charge in [-0.2, -0.15) is 0 Å². The zero-order valence-corrected chi connectivity index (χ0v) is 16.8. The fraction of sp³-hybridized carbons (Fsp3) is 0.625. The Morgan fingerprint density at radius 1 is 0.594 bits per heavy atom. The molecule has 2 unspecified atom stereocenters. The smallest absolute Gasteiger partial charge is 0.328 e. The summed E-state index contributed by atoms with van der Waals surface area (Å²) in [7, 11) is 0. The van der Waals surface area contributed by atoms with Crippen molar-refractivity contribution in [2.24, 2.45) is 0 Å². The lowest BCUT2D eigenvalue weighted by Gasteiger charge is -2.26. The van der Waals surface area contributed by atoms with Crippen molar-refractivity contribution < 1.29 is 59.4 Å². The molecule has 0 aromatic heterocycles. The average molecular weight is 466 g/mol. The Hall–Kier alpha value is -3.34. The molecule has 16 heteroatoms. The van der Waals surface area contributed by atoms with Crippen LogP contribution in [0.2, 0.25) is 0 Å². The maximum Gasteiger partial charge on any atom is 0.328 e. The van der Waals surface area contributed by atoms with Crippen molar-refractivity contribution in [2.75, 3.05) is 52.5 Å². The van der Waals surface area contributed by atoms with Crippen LogP contribution in [0.4, 0.5) is 0 Å². The van der Waals surface area contributed by atoms with Crippen LogP contribution in [-0.2, 0) is 28.8 Å². The summed E-state index contributed by atoms with van der Waals surface area (Å²) in [6.07, 6.45) is 0. The second-order valence-electron chi connectivity index (χ2n) is 6.49. The van der Waals surface area contributed by atoms with Crippen molar-refractivity contribution >= 4 is 35.7 Å². The van der Waals surface area contributed by atoms with Gasteiger partial charge in [-0.15, -0.1) is 0 Å². The second-order valence-corrected chi connectivity index (χ2v) is 6.49.